The second-order valence-corrected chi connectivity index (χ2v) is 5.87. The molecule has 0 saturated carbocycles. The normalized spacial score (nSPS) is 16.9. The molecule has 1 heterocycles. The molecule has 1 aliphatic heterocycles. The lowest BCUT2D eigenvalue weighted by Gasteiger charge is -2.33. The van der Waals surface area contributed by atoms with Gasteiger partial charge < -0.3 is 4.90 Å². The molecule has 0 aliphatic carbocycles. The quantitative estimate of drug-likeness (QED) is 0.805. The first-order chi connectivity index (χ1) is 8.58. The first-order valence-corrected chi connectivity index (χ1v) is 6.95. The maximum atomic E-state index is 11.9. The zero-order chi connectivity index (χ0) is 13.1. The summed E-state index contributed by atoms with van der Waals surface area (Å²) in [7, 11) is 0. The van der Waals surface area contributed by atoms with Crippen molar-refractivity contribution in [1.29, 1.82) is 0 Å². The Bertz CT molecular complexity index is 425. The summed E-state index contributed by atoms with van der Waals surface area (Å²) in [6.07, 6.45) is 1.90. The van der Waals surface area contributed by atoms with Gasteiger partial charge in [-0.3, -0.25) is 4.79 Å². The highest BCUT2D eigenvalue weighted by Gasteiger charge is 2.23. The van der Waals surface area contributed by atoms with Crippen molar-refractivity contribution in [3.63, 3.8) is 0 Å². The van der Waals surface area contributed by atoms with Crippen LogP contribution in [0.15, 0.2) is 24.3 Å². The number of Topliss-reactive ketones (excluding diaryl/α,β-unsaturated/α-hetero) is 1. The molecule has 0 amide bonds. The average molecular weight is 245 g/mol. The molecule has 1 aliphatic rings. The Morgan fingerprint density at radius 3 is 2.67 bits per heavy atom. The summed E-state index contributed by atoms with van der Waals surface area (Å²) in [4.78, 5) is 14.2. The van der Waals surface area contributed by atoms with E-state index < -0.39 is 0 Å². The van der Waals surface area contributed by atoms with Crippen molar-refractivity contribution in [2.45, 2.75) is 33.6 Å². The number of hydrogen-bond acceptors (Lipinski definition) is 2. The van der Waals surface area contributed by atoms with Crippen LogP contribution in [-0.2, 0) is 0 Å². The molecule has 98 valence electrons. The van der Waals surface area contributed by atoms with E-state index >= 15 is 0 Å². The van der Waals surface area contributed by atoms with E-state index in [1.54, 1.807) is 0 Å². The molecule has 0 spiro atoms. The number of nitrogens with zero attached hydrogens (tertiary/aromatic N) is 1. The Balaban J connectivity index is 2.11. The van der Waals surface area contributed by atoms with Gasteiger partial charge in [-0.2, -0.15) is 0 Å². The molecule has 0 saturated heterocycles. The molecule has 1 atom stereocenters. The number of fused-ring (bicyclic) bond motifs is 1. The second kappa shape index (κ2) is 5.55. The Labute approximate surface area is 110 Å². The molecule has 1 aromatic rings. The number of benzene rings is 1. The standard InChI is InChI=1S/C16H23NO/c1-12(2)10-13(3)11-17-9-8-16(18)14-6-4-5-7-15(14)17/h4-7,12-13H,8-11H2,1-3H3. The van der Waals surface area contributed by atoms with Gasteiger partial charge in [0, 0.05) is 30.8 Å². The summed E-state index contributed by atoms with van der Waals surface area (Å²) >= 11 is 0. The van der Waals surface area contributed by atoms with Gasteiger partial charge in [0.15, 0.2) is 5.78 Å². The Morgan fingerprint density at radius 2 is 1.94 bits per heavy atom. The maximum absolute atomic E-state index is 11.9. The van der Waals surface area contributed by atoms with Gasteiger partial charge in [0.25, 0.3) is 0 Å². The van der Waals surface area contributed by atoms with Crippen LogP contribution in [0.25, 0.3) is 0 Å². The van der Waals surface area contributed by atoms with Crippen LogP contribution in [0.3, 0.4) is 0 Å². The Kier molecular flexibility index (Phi) is 4.05. The molecule has 0 aromatic heterocycles. The lowest BCUT2D eigenvalue weighted by Crippen LogP contribution is -2.35. The lowest BCUT2D eigenvalue weighted by molar-refractivity contribution is 0.0979. The first-order valence-electron chi connectivity index (χ1n) is 6.95. The predicted molar refractivity (Wildman–Crippen MR) is 76.2 cm³/mol. The van der Waals surface area contributed by atoms with Crippen molar-refractivity contribution < 1.29 is 4.79 Å². The van der Waals surface area contributed by atoms with Gasteiger partial charge in [-0.15, -0.1) is 0 Å². The molecule has 2 nitrogen and oxygen atoms in total. The molecular formula is C16H23NO. The van der Waals surface area contributed by atoms with E-state index in [4.69, 9.17) is 0 Å². The van der Waals surface area contributed by atoms with Crippen LogP contribution < -0.4 is 4.90 Å². The van der Waals surface area contributed by atoms with Crippen molar-refractivity contribution in [3.05, 3.63) is 29.8 Å². The van der Waals surface area contributed by atoms with E-state index in [1.807, 2.05) is 18.2 Å². The van der Waals surface area contributed by atoms with Crippen LogP contribution in [0.4, 0.5) is 5.69 Å². The number of ketones is 1. The van der Waals surface area contributed by atoms with Gasteiger partial charge in [0.1, 0.15) is 0 Å². The molecule has 0 bridgehead atoms. The van der Waals surface area contributed by atoms with Crippen LogP contribution >= 0.6 is 0 Å². The Morgan fingerprint density at radius 1 is 1.22 bits per heavy atom. The molecule has 2 heteroatoms. The third kappa shape index (κ3) is 2.92. The highest BCUT2D eigenvalue weighted by molar-refractivity contribution is 6.03. The van der Waals surface area contributed by atoms with Gasteiger partial charge in [-0.1, -0.05) is 32.9 Å². The smallest absolute Gasteiger partial charge is 0.166 e. The number of carbonyl (C=O) groups is 1. The van der Waals surface area contributed by atoms with Crippen LogP contribution in [-0.4, -0.2) is 18.9 Å². The summed E-state index contributed by atoms with van der Waals surface area (Å²) in [5.74, 6) is 1.70. The molecule has 18 heavy (non-hydrogen) atoms. The van der Waals surface area contributed by atoms with Crippen LogP contribution in [0.1, 0.15) is 44.0 Å². The summed E-state index contributed by atoms with van der Waals surface area (Å²) in [6, 6.07) is 8.01. The summed E-state index contributed by atoms with van der Waals surface area (Å²) in [5, 5.41) is 0. The molecule has 0 radical (unpaired) electrons. The molecule has 0 fully saturated rings. The first kappa shape index (κ1) is 13.1. The zero-order valence-corrected chi connectivity index (χ0v) is 11.6. The molecule has 1 unspecified atom stereocenters. The average Bonchev–Trinajstić information content (AvgIpc) is 2.32. The highest BCUT2D eigenvalue weighted by atomic mass is 16.1. The van der Waals surface area contributed by atoms with Gasteiger partial charge in [-0.05, 0) is 30.4 Å². The van der Waals surface area contributed by atoms with Gasteiger partial charge in [0.05, 0.1) is 0 Å². The molecule has 1 aromatic carbocycles. The fourth-order valence-electron chi connectivity index (χ4n) is 2.92. The number of para-hydroxylation sites is 1. The monoisotopic (exact) mass is 245 g/mol. The fraction of sp³-hybridized carbons (Fsp3) is 0.562. The number of anilines is 1. The lowest BCUT2D eigenvalue weighted by atomic mass is 9.95. The minimum Gasteiger partial charge on any atom is -0.370 e. The third-order valence-electron chi connectivity index (χ3n) is 3.56. The van der Waals surface area contributed by atoms with Crippen molar-refractivity contribution in [1.82, 2.24) is 0 Å². The minimum absolute atomic E-state index is 0.290. The predicted octanol–water partition coefficient (Wildman–Crippen LogP) is 3.76. The molecule has 2 rings (SSSR count). The molecule has 0 N–H and O–H groups in total. The van der Waals surface area contributed by atoms with Crippen LogP contribution in [0.5, 0.6) is 0 Å². The van der Waals surface area contributed by atoms with Gasteiger partial charge in [-0.25, -0.2) is 0 Å². The number of hydrogen-bond donors (Lipinski definition) is 0. The highest BCUT2D eigenvalue weighted by Crippen LogP contribution is 2.28. The largest absolute Gasteiger partial charge is 0.370 e. The Hall–Kier alpha value is -1.31. The van der Waals surface area contributed by atoms with E-state index in [-0.39, 0.29) is 0 Å². The van der Waals surface area contributed by atoms with E-state index in [2.05, 4.69) is 31.7 Å². The van der Waals surface area contributed by atoms with Crippen molar-refractivity contribution >= 4 is 11.5 Å². The minimum atomic E-state index is 0.290. The van der Waals surface area contributed by atoms with Crippen LogP contribution in [0, 0.1) is 11.8 Å². The third-order valence-corrected chi connectivity index (χ3v) is 3.56. The summed E-state index contributed by atoms with van der Waals surface area (Å²) in [5.41, 5.74) is 2.03. The van der Waals surface area contributed by atoms with Gasteiger partial charge >= 0.3 is 0 Å². The topological polar surface area (TPSA) is 20.3 Å². The number of carbonyl (C=O) groups excluding carboxylic acids is 1. The fourth-order valence-corrected chi connectivity index (χ4v) is 2.92. The summed E-state index contributed by atoms with van der Waals surface area (Å²) < 4.78 is 0. The second-order valence-electron chi connectivity index (χ2n) is 5.87. The van der Waals surface area contributed by atoms with Crippen molar-refractivity contribution in [2.75, 3.05) is 18.0 Å². The SMILES string of the molecule is CC(C)CC(C)CN1CCC(=O)c2ccccc21. The van der Waals surface area contributed by atoms with E-state index in [9.17, 15) is 4.79 Å². The summed E-state index contributed by atoms with van der Waals surface area (Å²) in [6.45, 7) is 8.77. The maximum Gasteiger partial charge on any atom is 0.166 e. The van der Waals surface area contributed by atoms with E-state index in [0.717, 1.165) is 30.3 Å². The van der Waals surface area contributed by atoms with Crippen LogP contribution in [0.2, 0.25) is 0 Å². The van der Waals surface area contributed by atoms with Crippen molar-refractivity contribution in [3.8, 4) is 0 Å². The van der Waals surface area contributed by atoms with Gasteiger partial charge in [0.2, 0.25) is 0 Å². The van der Waals surface area contributed by atoms with E-state index in [0.29, 0.717) is 18.1 Å². The molecular weight excluding hydrogens is 222 g/mol. The number of rotatable bonds is 4. The van der Waals surface area contributed by atoms with Crippen molar-refractivity contribution in [2.24, 2.45) is 11.8 Å². The zero-order valence-electron chi connectivity index (χ0n) is 11.6. The van der Waals surface area contributed by atoms with E-state index in [1.165, 1.54) is 6.42 Å².